The molecule has 5 nitrogen and oxygen atoms in total. The van der Waals surface area contributed by atoms with E-state index in [2.05, 4.69) is 5.32 Å². The SMILES string of the molecule is CC(Cc1ccc(F)cc1)C(=O)Nc1cccc(N2CCCS2(=O)=O)c1. The van der Waals surface area contributed by atoms with Gasteiger partial charge in [-0.3, -0.25) is 9.10 Å². The fraction of sp³-hybridized carbons (Fsp3) is 0.316. The Morgan fingerprint density at radius 3 is 2.62 bits per heavy atom. The van der Waals surface area contributed by atoms with Gasteiger partial charge in [0.05, 0.1) is 11.4 Å². The average molecular weight is 376 g/mol. The first-order chi connectivity index (χ1) is 12.3. The molecule has 0 aromatic heterocycles. The lowest BCUT2D eigenvalue weighted by atomic mass is 10.0. The van der Waals surface area contributed by atoms with E-state index in [1.807, 2.05) is 0 Å². The van der Waals surface area contributed by atoms with Crippen LogP contribution in [0, 0.1) is 11.7 Å². The highest BCUT2D eigenvalue weighted by Gasteiger charge is 2.28. The first-order valence-corrected chi connectivity index (χ1v) is 10.1. The van der Waals surface area contributed by atoms with Crippen LogP contribution in [0.15, 0.2) is 48.5 Å². The lowest BCUT2D eigenvalue weighted by Gasteiger charge is -2.18. The maximum absolute atomic E-state index is 13.0. The summed E-state index contributed by atoms with van der Waals surface area (Å²) in [6.45, 7) is 2.26. The number of halogens is 1. The molecule has 0 radical (unpaired) electrons. The van der Waals surface area contributed by atoms with Crippen molar-refractivity contribution in [2.24, 2.45) is 5.92 Å². The van der Waals surface area contributed by atoms with Crippen LogP contribution in [0.3, 0.4) is 0 Å². The van der Waals surface area contributed by atoms with Crippen molar-refractivity contribution >= 4 is 27.3 Å². The summed E-state index contributed by atoms with van der Waals surface area (Å²) < 4.78 is 38.4. The van der Waals surface area contributed by atoms with E-state index in [4.69, 9.17) is 0 Å². The van der Waals surface area contributed by atoms with Gasteiger partial charge < -0.3 is 5.32 Å². The van der Waals surface area contributed by atoms with E-state index in [1.54, 1.807) is 43.3 Å². The Balaban J connectivity index is 1.67. The van der Waals surface area contributed by atoms with E-state index >= 15 is 0 Å². The largest absolute Gasteiger partial charge is 0.326 e. The van der Waals surface area contributed by atoms with Crippen LogP contribution in [-0.4, -0.2) is 26.6 Å². The van der Waals surface area contributed by atoms with Gasteiger partial charge in [-0.15, -0.1) is 0 Å². The number of carbonyl (C=O) groups excluding carboxylic acids is 1. The number of sulfonamides is 1. The fourth-order valence-corrected chi connectivity index (χ4v) is 4.56. The molecule has 1 aliphatic heterocycles. The maximum Gasteiger partial charge on any atom is 0.235 e. The van der Waals surface area contributed by atoms with Crippen molar-refractivity contribution in [3.63, 3.8) is 0 Å². The molecule has 26 heavy (non-hydrogen) atoms. The first kappa shape index (κ1) is 18.4. The molecule has 138 valence electrons. The molecule has 0 saturated carbocycles. The van der Waals surface area contributed by atoms with Crippen molar-refractivity contribution in [3.05, 3.63) is 59.9 Å². The Kier molecular flexibility index (Phi) is 5.27. The summed E-state index contributed by atoms with van der Waals surface area (Å²) in [6, 6.07) is 12.9. The quantitative estimate of drug-likeness (QED) is 0.872. The molecule has 0 spiro atoms. The molecule has 2 aromatic carbocycles. The normalized spacial score (nSPS) is 17.1. The van der Waals surface area contributed by atoms with E-state index in [-0.39, 0.29) is 23.4 Å². The minimum atomic E-state index is -3.26. The van der Waals surface area contributed by atoms with Gasteiger partial charge in [0.15, 0.2) is 0 Å². The predicted octanol–water partition coefficient (Wildman–Crippen LogP) is 3.18. The van der Waals surface area contributed by atoms with Crippen molar-refractivity contribution < 1.29 is 17.6 Å². The molecule has 0 aliphatic carbocycles. The summed E-state index contributed by atoms with van der Waals surface area (Å²) in [6.07, 6.45) is 1.10. The molecular formula is C19H21FN2O3S. The number of carbonyl (C=O) groups is 1. The second kappa shape index (κ2) is 7.45. The monoisotopic (exact) mass is 376 g/mol. The number of anilines is 2. The molecule has 1 saturated heterocycles. The summed E-state index contributed by atoms with van der Waals surface area (Å²) in [4.78, 5) is 12.4. The van der Waals surface area contributed by atoms with Crippen LogP contribution in [0.25, 0.3) is 0 Å². The number of benzene rings is 2. The van der Waals surface area contributed by atoms with Crippen molar-refractivity contribution in [1.29, 1.82) is 0 Å². The van der Waals surface area contributed by atoms with E-state index in [0.717, 1.165) is 5.56 Å². The van der Waals surface area contributed by atoms with Gasteiger partial charge in [-0.05, 0) is 48.7 Å². The van der Waals surface area contributed by atoms with E-state index in [1.165, 1.54) is 16.4 Å². The molecule has 1 atom stereocenters. The van der Waals surface area contributed by atoms with E-state index < -0.39 is 10.0 Å². The third kappa shape index (κ3) is 4.22. The summed E-state index contributed by atoms with van der Waals surface area (Å²) in [5, 5.41) is 2.83. The predicted molar refractivity (Wildman–Crippen MR) is 100 cm³/mol. The van der Waals surface area contributed by atoms with Crippen LogP contribution >= 0.6 is 0 Å². The van der Waals surface area contributed by atoms with Gasteiger partial charge in [0.25, 0.3) is 0 Å². The average Bonchev–Trinajstić information content (AvgIpc) is 2.96. The molecule has 1 amide bonds. The fourth-order valence-electron chi connectivity index (χ4n) is 3.00. The van der Waals surface area contributed by atoms with Crippen LogP contribution in [-0.2, 0) is 21.2 Å². The van der Waals surface area contributed by atoms with Gasteiger partial charge in [-0.1, -0.05) is 25.1 Å². The number of nitrogens with zero attached hydrogens (tertiary/aromatic N) is 1. The van der Waals surface area contributed by atoms with E-state index in [9.17, 15) is 17.6 Å². The highest BCUT2D eigenvalue weighted by atomic mass is 32.2. The Labute approximate surface area is 152 Å². The number of nitrogens with one attached hydrogen (secondary N) is 1. The molecule has 3 rings (SSSR count). The maximum atomic E-state index is 13.0. The van der Waals surface area contributed by atoms with Gasteiger partial charge in [0.2, 0.25) is 15.9 Å². The minimum absolute atomic E-state index is 0.151. The molecule has 1 unspecified atom stereocenters. The number of hydrogen-bond donors (Lipinski definition) is 1. The van der Waals surface area contributed by atoms with Crippen molar-refractivity contribution in [1.82, 2.24) is 0 Å². The molecule has 1 heterocycles. The molecule has 1 fully saturated rings. The topological polar surface area (TPSA) is 66.5 Å². The standard InChI is InChI=1S/C19H21FN2O3S/c1-14(12-15-6-8-16(20)9-7-15)19(23)21-17-4-2-5-18(13-17)22-10-3-11-26(22,24)25/h2,4-9,13-14H,3,10-12H2,1H3,(H,21,23). The minimum Gasteiger partial charge on any atom is -0.326 e. The van der Waals surface area contributed by atoms with Gasteiger partial charge >= 0.3 is 0 Å². The molecule has 2 aromatic rings. The first-order valence-electron chi connectivity index (χ1n) is 8.51. The summed E-state index contributed by atoms with van der Waals surface area (Å²) >= 11 is 0. The molecule has 0 bridgehead atoms. The number of hydrogen-bond acceptors (Lipinski definition) is 3. The van der Waals surface area contributed by atoms with Crippen LogP contribution in [0.5, 0.6) is 0 Å². The Bertz CT molecular complexity index is 897. The number of rotatable bonds is 5. The zero-order valence-corrected chi connectivity index (χ0v) is 15.3. The summed E-state index contributed by atoms with van der Waals surface area (Å²) in [7, 11) is -3.26. The lowest BCUT2D eigenvalue weighted by molar-refractivity contribution is -0.119. The van der Waals surface area contributed by atoms with Gasteiger partial charge in [-0.25, -0.2) is 12.8 Å². The van der Waals surface area contributed by atoms with Gasteiger partial charge in [0, 0.05) is 18.2 Å². The van der Waals surface area contributed by atoms with Crippen molar-refractivity contribution in [2.75, 3.05) is 21.9 Å². The van der Waals surface area contributed by atoms with Crippen LogP contribution < -0.4 is 9.62 Å². The second-order valence-corrected chi connectivity index (χ2v) is 8.53. The molecule has 1 aliphatic rings. The Morgan fingerprint density at radius 1 is 1.23 bits per heavy atom. The molecule has 1 N–H and O–H groups in total. The third-order valence-electron chi connectivity index (χ3n) is 4.40. The van der Waals surface area contributed by atoms with Crippen LogP contribution in [0.2, 0.25) is 0 Å². The highest BCUT2D eigenvalue weighted by Crippen LogP contribution is 2.26. The van der Waals surface area contributed by atoms with Crippen molar-refractivity contribution in [3.8, 4) is 0 Å². The van der Waals surface area contributed by atoms with Crippen LogP contribution in [0.4, 0.5) is 15.8 Å². The number of amides is 1. The lowest BCUT2D eigenvalue weighted by Crippen LogP contribution is -2.25. The second-order valence-electron chi connectivity index (χ2n) is 6.51. The Hall–Kier alpha value is -2.41. The molecule has 7 heteroatoms. The van der Waals surface area contributed by atoms with Crippen molar-refractivity contribution in [2.45, 2.75) is 19.8 Å². The van der Waals surface area contributed by atoms with Crippen LogP contribution in [0.1, 0.15) is 18.9 Å². The zero-order chi connectivity index (χ0) is 18.7. The zero-order valence-electron chi connectivity index (χ0n) is 14.5. The smallest absolute Gasteiger partial charge is 0.235 e. The van der Waals surface area contributed by atoms with Gasteiger partial charge in [-0.2, -0.15) is 0 Å². The highest BCUT2D eigenvalue weighted by molar-refractivity contribution is 7.93. The summed E-state index contributed by atoms with van der Waals surface area (Å²) in [5.41, 5.74) is 2.00. The molecular weight excluding hydrogens is 355 g/mol. The third-order valence-corrected chi connectivity index (χ3v) is 6.27. The van der Waals surface area contributed by atoms with Gasteiger partial charge in [0.1, 0.15) is 5.82 Å². The summed E-state index contributed by atoms with van der Waals surface area (Å²) in [5.74, 6) is -0.631. The Morgan fingerprint density at radius 2 is 1.96 bits per heavy atom. The van der Waals surface area contributed by atoms with E-state index in [0.29, 0.717) is 30.8 Å².